The number of carbonyl (C=O) groups excluding carboxylic acids is 1. The third-order valence-corrected chi connectivity index (χ3v) is 2.20. The average Bonchev–Trinajstić information content (AvgIpc) is 2.36. The summed E-state index contributed by atoms with van der Waals surface area (Å²) >= 11 is 0. The maximum absolute atomic E-state index is 11.7. The summed E-state index contributed by atoms with van der Waals surface area (Å²) in [4.78, 5) is 13.3. The minimum absolute atomic E-state index is 0.217. The van der Waals surface area contributed by atoms with Gasteiger partial charge in [0.15, 0.2) is 0 Å². The van der Waals surface area contributed by atoms with Gasteiger partial charge in [-0.1, -0.05) is 43.0 Å². The van der Waals surface area contributed by atoms with Gasteiger partial charge < -0.3 is 15.4 Å². The van der Waals surface area contributed by atoms with E-state index >= 15 is 0 Å². The largest absolute Gasteiger partial charge is 0.445 e. The van der Waals surface area contributed by atoms with Crippen LogP contribution < -0.4 is 5.73 Å². The van der Waals surface area contributed by atoms with Crippen molar-refractivity contribution in [2.45, 2.75) is 6.54 Å². The molecular formula is C13H18N2O2. The molecule has 0 saturated carbocycles. The fourth-order valence-electron chi connectivity index (χ4n) is 1.42. The van der Waals surface area contributed by atoms with Crippen LogP contribution in [0.15, 0.2) is 43.0 Å². The van der Waals surface area contributed by atoms with E-state index in [9.17, 15) is 4.79 Å². The molecule has 0 unspecified atom stereocenters. The molecule has 1 aromatic rings. The molecule has 0 aliphatic carbocycles. The van der Waals surface area contributed by atoms with E-state index in [2.05, 4.69) is 6.58 Å². The molecule has 0 saturated heterocycles. The number of hydrogen-bond donors (Lipinski definition) is 1. The summed E-state index contributed by atoms with van der Waals surface area (Å²) < 4.78 is 4.99. The van der Waals surface area contributed by atoms with Crippen molar-refractivity contribution in [1.82, 2.24) is 4.90 Å². The summed E-state index contributed by atoms with van der Waals surface area (Å²) in [6, 6.07) is 9.73. The number of rotatable bonds is 6. The molecule has 0 atom stereocenters. The lowest BCUT2D eigenvalue weighted by atomic mass is 10.2. The van der Waals surface area contributed by atoms with Gasteiger partial charge in [-0.15, -0.1) is 0 Å². The lowest BCUT2D eigenvalue weighted by molar-refractivity contribution is 0.111. The molecule has 17 heavy (non-hydrogen) atoms. The Morgan fingerprint density at radius 1 is 1.41 bits per heavy atom. The van der Waals surface area contributed by atoms with Crippen LogP contribution in [0.1, 0.15) is 5.56 Å². The van der Waals surface area contributed by atoms with Crippen LogP contribution in [0.3, 0.4) is 0 Å². The van der Waals surface area contributed by atoms with Crippen LogP contribution >= 0.6 is 0 Å². The lowest BCUT2D eigenvalue weighted by Crippen LogP contribution is -2.35. The molecule has 92 valence electrons. The molecule has 0 fully saturated rings. The van der Waals surface area contributed by atoms with Gasteiger partial charge in [0.1, 0.15) is 6.61 Å². The van der Waals surface area contributed by atoms with Crippen LogP contribution in [-0.4, -0.2) is 30.7 Å². The third-order valence-electron chi connectivity index (χ3n) is 2.20. The molecule has 0 radical (unpaired) electrons. The zero-order valence-corrected chi connectivity index (χ0v) is 9.84. The first kappa shape index (κ1) is 13.3. The molecule has 0 bridgehead atoms. The zero-order chi connectivity index (χ0) is 12.5. The highest BCUT2D eigenvalue weighted by Gasteiger charge is 2.13. The van der Waals surface area contributed by atoms with E-state index in [-0.39, 0.29) is 12.7 Å². The standard InChI is InChI=1S/C13H18N2O2/c1-2-10-17-13(16)15(9-8-14)11-12-6-4-3-5-7-12/h2-7H,1,8-11,14H2. The van der Waals surface area contributed by atoms with Gasteiger partial charge in [0, 0.05) is 19.6 Å². The number of benzene rings is 1. The summed E-state index contributed by atoms with van der Waals surface area (Å²) in [6.07, 6.45) is 1.18. The van der Waals surface area contributed by atoms with Crippen LogP contribution in [0, 0.1) is 0 Å². The van der Waals surface area contributed by atoms with Crippen molar-refractivity contribution in [3.8, 4) is 0 Å². The fourth-order valence-corrected chi connectivity index (χ4v) is 1.42. The smallest absolute Gasteiger partial charge is 0.410 e. The Bertz CT molecular complexity index is 352. The van der Waals surface area contributed by atoms with Gasteiger partial charge in [0.25, 0.3) is 0 Å². The number of amides is 1. The normalized spacial score (nSPS) is 9.71. The number of nitrogens with zero attached hydrogens (tertiary/aromatic N) is 1. The highest BCUT2D eigenvalue weighted by atomic mass is 16.6. The predicted molar refractivity (Wildman–Crippen MR) is 67.5 cm³/mol. The molecule has 0 aliphatic heterocycles. The quantitative estimate of drug-likeness (QED) is 0.763. The molecule has 0 heterocycles. The van der Waals surface area contributed by atoms with Gasteiger partial charge in [-0.25, -0.2) is 4.79 Å². The van der Waals surface area contributed by atoms with Gasteiger partial charge in [0.2, 0.25) is 0 Å². The van der Waals surface area contributed by atoms with Crippen molar-refractivity contribution in [3.05, 3.63) is 48.6 Å². The monoisotopic (exact) mass is 234 g/mol. The van der Waals surface area contributed by atoms with E-state index in [1.54, 1.807) is 11.0 Å². The Morgan fingerprint density at radius 2 is 2.12 bits per heavy atom. The first-order valence-electron chi connectivity index (χ1n) is 5.54. The summed E-state index contributed by atoms with van der Waals surface area (Å²) in [5.41, 5.74) is 6.53. The van der Waals surface area contributed by atoms with Crippen molar-refractivity contribution >= 4 is 6.09 Å². The topological polar surface area (TPSA) is 55.6 Å². The van der Waals surface area contributed by atoms with Crippen LogP contribution in [-0.2, 0) is 11.3 Å². The molecular weight excluding hydrogens is 216 g/mol. The van der Waals surface area contributed by atoms with Gasteiger partial charge in [0.05, 0.1) is 0 Å². The second kappa shape index (κ2) is 7.46. The molecule has 4 nitrogen and oxygen atoms in total. The van der Waals surface area contributed by atoms with Gasteiger partial charge >= 0.3 is 6.09 Å². The van der Waals surface area contributed by atoms with Gasteiger partial charge in [-0.3, -0.25) is 0 Å². The van der Waals surface area contributed by atoms with Crippen molar-refractivity contribution < 1.29 is 9.53 Å². The summed E-state index contributed by atoms with van der Waals surface area (Å²) in [5.74, 6) is 0. The van der Waals surface area contributed by atoms with Crippen molar-refractivity contribution in [3.63, 3.8) is 0 Å². The Balaban J connectivity index is 2.59. The van der Waals surface area contributed by atoms with E-state index in [1.165, 1.54) is 0 Å². The van der Waals surface area contributed by atoms with E-state index < -0.39 is 0 Å². The van der Waals surface area contributed by atoms with Crippen LogP contribution in [0.2, 0.25) is 0 Å². The molecule has 1 amide bonds. The molecule has 1 rings (SSSR count). The number of ether oxygens (including phenoxy) is 1. The van der Waals surface area contributed by atoms with Crippen molar-refractivity contribution in [2.75, 3.05) is 19.7 Å². The SMILES string of the molecule is C=CCOC(=O)N(CCN)Cc1ccccc1. The number of nitrogens with two attached hydrogens (primary N) is 1. The Kier molecular flexibility index (Phi) is 5.82. The highest BCUT2D eigenvalue weighted by molar-refractivity contribution is 5.67. The second-order valence-electron chi connectivity index (χ2n) is 3.56. The zero-order valence-electron chi connectivity index (χ0n) is 9.84. The number of hydrogen-bond acceptors (Lipinski definition) is 3. The summed E-state index contributed by atoms with van der Waals surface area (Å²) in [7, 11) is 0. The van der Waals surface area contributed by atoms with Gasteiger partial charge in [-0.2, -0.15) is 0 Å². The van der Waals surface area contributed by atoms with Crippen molar-refractivity contribution in [2.24, 2.45) is 5.73 Å². The summed E-state index contributed by atoms with van der Waals surface area (Å²) in [5, 5.41) is 0. The van der Waals surface area contributed by atoms with Crippen LogP contribution in [0.4, 0.5) is 4.79 Å². The van der Waals surface area contributed by atoms with Crippen LogP contribution in [0.5, 0.6) is 0 Å². The minimum Gasteiger partial charge on any atom is -0.445 e. The molecule has 0 aliphatic rings. The first-order chi connectivity index (χ1) is 8.27. The van der Waals surface area contributed by atoms with E-state index in [1.807, 2.05) is 30.3 Å². The molecule has 0 spiro atoms. The predicted octanol–water partition coefficient (Wildman–Crippen LogP) is 1.77. The molecule has 2 N–H and O–H groups in total. The minimum atomic E-state index is -0.362. The molecule has 1 aromatic carbocycles. The Morgan fingerprint density at radius 3 is 2.71 bits per heavy atom. The van der Waals surface area contributed by atoms with E-state index in [4.69, 9.17) is 10.5 Å². The summed E-state index contributed by atoms with van der Waals surface area (Å²) in [6.45, 7) is 5.12. The van der Waals surface area contributed by atoms with Crippen LogP contribution in [0.25, 0.3) is 0 Å². The van der Waals surface area contributed by atoms with E-state index in [0.29, 0.717) is 19.6 Å². The maximum atomic E-state index is 11.7. The average molecular weight is 234 g/mol. The van der Waals surface area contributed by atoms with E-state index in [0.717, 1.165) is 5.56 Å². The fraction of sp³-hybridized carbons (Fsp3) is 0.308. The second-order valence-corrected chi connectivity index (χ2v) is 3.56. The highest BCUT2D eigenvalue weighted by Crippen LogP contribution is 2.05. The Labute approximate surface area is 102 Å². The Hall–Kier alpha value is -1.81. The lowest BCUT2D eigenvalue weighted by Gasteiger charge is -2.21. The first-order valence-corrected chi connectivity index (χ1v) is 5.54. The van der Waals surface area contributed by atoms with Crippen molar-refractivity contribution in [1.29, 1.82) is 0 Å². The third kappa shape index (κ3) is 4.70. The van der Waals surface area contributed by atoms with Gasteiger partial charge in [-0.05, 0) is 5.56 Å². The maximum Gasteiger partial charge on any atom is 0.410 e. The molecule has 4 heteroatoms. The number of carbonyl (C=O) groups is 1. The molecule has 0 aromatic heterocycles.